The van der Waals surface area contributed by atoms with Crippen molar-refractivity contribution < 1.29 is 8.78 Å². The predicted molar refractivity (Wildman–Crippen MR) is 30.4 cm³/mol. The maximum Gasteiger partial charge on any atom is 0.248 e. The van der Waals surface area contributed by atoms with Gasteiger partial charge in [-0.05, 0) is 24.7 Å². The minimum absolute atomic E-state index is 0.178. The molecule has 0 amide bonds. The van der Waals surface area contributed by atoms with E-state index >= 15 is 0 Å². The van der Waals surface area contributed by atoms with Crippen molar-refractivity contribution in [1.82, 2.24) is 0 Å². The first kappa shape index (κ1) is 5.63. The van der Waals surface area contributed by atoms with Crippen LogP contribution in [0.2, 0.25) is 0 Å². The van der Waals surface area contributed by atoms with E-state index in [0.717, 1.165) is 0 Å². The summed E-state index contributed by atoms with van der Waals surface area (Å²) in [5.74, 6) is -1.21. The average molecular weight is 132 g/mol. The van der Waals surface area contributed by atoms with Crippen LogP contribution < -0.4 is 0 Å². The van der Waals surface area contributed by atoms with Crippen molar-refractivity contribution in [2.45, 2.75) is 31.6 Å². The number of hydrogen-bond acceptors (Lipinski definition) is 0. The third kappa shape index (κ3) is 0.950. The van der Waals surface area contributed by atoms with Crippen molar-refractivity contribution in [3.05, 3.63) is 0 Å². The topological polar surface area (TPSA) is 0 Å². The molecule has 0 heterocycles. The van der Waals surface area contributed by atoms with Gasteiger partial charge in [0.2, 0.25) is 5.92 Å². The maximum absolute atomic E-state index is 12.2. The van der Waals surface area contributed by atoms with Crippen molar-refractivity contribution >= 4 is 0 Å². The molecule has 0 saturated heterocycles. The first-order chi connectivity index (χ1) is 4.17. The minimum atomic E-state index is -2.28. The van der Waals surface area contributed by atoms with Crippen LogP contribution in [0.25, 0.3) is 0 Å². The summed E-state index contributed by atoms with van der Waals surface area (Å²) in [6.45, 7) is 0. The largest absolute Gasteiger partial charge is 0.248 e. The van der Waals surface area contributed by atoms with E-state index in [-0.39, 0.29) is 12.8 Å². The lowest BCUT2D eigenvalue weighted by molar-refractivity contribution is -0.116. The van der Waals surface area contributed by atoms with E-state index in [2.05, 4.69) is 0 Å². The van der Waals surface area contributed by atoms with E-state index in [4.69, 9.17) is 0 Å². The van der Waals surface area contributed by atoms with Crippen LogP contribution in [0.1, 0.15) is 25.7 Å². The first-order valence-corrected chi connectivity index (χ1v) is 3.55. The zero-order chi connectivity index (χ0) is 6.48. The number of alkyl halides is 2. The lowest BCUT2D eigenvalue weighted by Crippen LogP contribution is -2.36. The highest BCUT2D eigenvalue weighted by Gasteiger charge is 2.50. The van der Waals surface area contributed by atoms with Crippen molar-refractivity contribution in [3.8, 4) is 0 Å². The third-order valence-corrected chi connectivity index (χ3v) is 2.41. The van der Waals surface area contributed by atoms with Crippen molar-refractivity contribution in [2.24, 2.45) is 11.8 Å². The molecular weight excluding hydrogens is 122 g/mol. The molecule has 0 nitrogen and oxygen atoms in total. The molecule has 0 radical (unpaired) electrons. The molecule has 0 N–H and O–H groups in total. The van der Waals surface area contributed by atoms with Gasteiger partial charge in [0.1, 0.15) is 0 Å². The second-order valence-corrected chi connectivity index (χ2v) is 3.36. The Morgan fingerprint density at radius 1 is 1.00 bits per heavy atom. The van der Waals surface area contributed by atoms with E-state index in [9.17, 15) is 8.78 Å². The fourth-order valence-corrected chi connectivity index (χ4v) is 1.61. The van der Waals surface area contributed by atoms with Crippen LogP contribution in [0.3, 0.4) is 0 Å². The molecular formula is C7H10F2. The molecule has 0 aromatic carbocycles. The van der Waals surface area contributed by atoms with E-state index in [1.807, 2.05) is 0 Å². The second-order valence-electron chi connectivity index (χ2n) is 3.36. The van der Waals surface area contributed by atoms with Crippen LogP contribution in [-0.2, 0) is 0 Å². The lowest BCUT2D eigenvalue weighted by Gasteiger charge is -2.34. The lowest BCUT2D eigenvalue weighted by atomic mass is 9.78. The summed E-state index contributed by atoms with van der Waals surface area (Å²) in [5, 5.41) is 0. The summed E-state index contributed by atoms with van der Waals surface area (Å²) in [6, 6.07) is 0. The molecule has 2 fully saturated rings. The molecule has 2 saturated carbocycles. The molecule has 2 rings (SSSR count). The normalized spacial score (nSPS) is 34.0. The molecule has 0 unspecified atom stereocenters. The Kier molecular flexibility index (Phi) is 0.920. The Labute approximate surface area is 53.2 Å². The molecule has 2 aliphatic carbocycles. The highest BCUT2D eigenvalue weighted by molar-refractivity contribution is 4.94. The third-order valence-electron chi connectivity index (χ3n) is 2.41. The predicted octanol–water partition coefficient (Wildman–Crippen LogP) is 2.44. The van der Waals surface area contributed by atoms with Crippen LogP contribution in [0.4, 0.5) is 8.78 Å². The summed E-state index contributed by atoms with van der Waals surface area (Å²) in [7, 11) is 0. The molecule has 0 bridgehead atoms. The fourth-order valence-electron chi connectivity index (χ4n) is 1.61. The summed E-state index contributed by atoms with van der Waals surface area (Å²) in [6.07, 6.45) is 2.77. The molecule has 0 spiro atoms. The van der Waals surface area contributed by atoms with Crippen LogP contribution in [-0.4, -0.2) is 5.92 Å². The number of halogens is 2. The van der Waals surface area contributed by atoms with Crippen molar-refractivity contribution in [2.75, 3.05) is 0 Å². The first-order valence-electron chi connectivity index (χ1n) is 3.55. The van der Waals surface area contributed by atoms with Gasteiger partial charge < -0.3 is 0 Å². The minimum Gasteiger partial charge on any atom is -0.207 e. The molecule has 0 atom stereocenters. The van der Waals surface area contributed by atoms with Gasteiger partial charge in [0.05, 0.1) is 0 Å². The number of hydrogen-bond donors (Lipinski definition) is 0. The molecule has 52 valence electrons. The van der Waals surface area contributed by atoms with Crippen LogP contribution in [0, 0.1) is 11.8 Å². The van der Waals surface area contributed by atoms with Gasteiger partial charge in [-0.15, -0.1) is 0 Å². The summed E-state index contributed by atoms with van der Waals surface area (Å²) in [5.41, 5.74) is 0. The highest BCUT2D eigenvalue weighted by atomic mass is 19.3. The van der Waals surface area contributed by atoms with Crippen molar-refractivity contribution in [3.63, 3.8) is 0 Å². The Balaban J connectivity index is 1.83. The van der Waals surface area contributed by atoms with Gasteiger partial charge in [-0.3, -0.25) is 0 Å². The van der Waals surface area contributed by atoms with Gasteiger partial charge in [0.15, 0.2) is 0 Å². The van der Waals surface area contributed by atoms with E-state index < -0.39 is 5.92 Å². The maximum atomic E-state index is 12.2. The fraction of sp³-hybridized carbons (Fsp3) is 1.00. The summed E-state index contributed by atoms with van der Waals surface area (Å²) >= 11 is 0. The molecule has 0 aromatic heterocycles. The van der Waals surface area contributed by atoms with E-state index in [0.29, 0.717) is 11.8 Å². The standard InChI is InChI=1S/C7H10F2/c8-7(9)3-6(4-7)5-1-2-5/h5-6H,1-4H2. The molecule has 0 aromatic rings. The zero-order valence-electron chi connectivity index (χ0n) is 5.24. The van der Waals surface area contributed by atoms with Gasteiger partial charge in [0, 0.05) is 12.8 Å². The summed E-state index contributed by atoms with van der Waals surface area (Å²) in [4.78, 5) is 0. The van der Waals surface area contributed by atoms with Crippen LogP contribution in [0.15, 0.2) is 0 Å². The Hall–Kier alpha value is -0.140. The molecule has 0 aliphatic heterocycles. The van der Waals surface area contributed by atoms with Crippen LogP contribution >= 0.6 is 0 Å². The van der Waals surface area contributed by atoms with Gasteiger partial charge in [0.25, 0.3) is 0 Å². The van der Waals surface area contributed by atoms with E-state index in [1.54, 1.807) is 0 Å². The van der Waals surface area contributed by atoms with Gasteiger partial charge in [-0.2, -0.15) is 0 Å². The zero-order valence-corrected chi connectivity index (χ0v) is 5.24. The smallest absolute Gasteiger partial charge is 0.207 e. The molecule has 9 heavy (non-hydrogen) atoms. The van der Waals surface area contributed by atoms with Gasteiger partial charge in [-0.1, -0.05) is 0 Å². The quantitative estimate of drug-likeness (QED) is 0.514. The monoisotopic (exact) mass is 132 g/mol. The van der Waals surface area contributed by atoms with Crippen molar-refractivity contribution in [1.29, 1.82) is 0 Å². The number of rotatable bonds is 1. The van der Waals surface area contributed by atoms with E-state index in [1.165, 1.54) is 12.8 Å². The van der Waals surface area contributed by atoms with Gasteiger partial charge in [-0.25, -0.2) is 8.78 Å². The second kappa shape index (κ2) is 1.47. The van der Waals surface area contributed by atoms with Gasteiger partial charge >= 0.3 is 0 Å². The SMILES string of the molecule is FC1(F)CC(C2CC2)C1. The molecule has 2 heteroatoms. The average Bonchev–Trinajstić information content (AvgIpc) is 2.37. The summed E-state index contributed by atoms with van der Waals surface area (Å²) < 4.78 is 24.4. The Morgan fingerprint density at radius 3 is 1.89 bits per heavy atom. The van der Waals surface area contributed by atoms with Crippen LogP contribution in [0.5, 0.6) is 0 Å². The Bertz CT molecular complexity index is 119. The Morgan fingerprint density at radius 2 is 1.56 bits per heavy atom. The molecule has 2 aliphatic rings. The highest BCUT2D eigenvalue weighted by Crippen LogP contribution is 2.53.